The second-order valence-electron chi connectivity index (χ2n) is 26.2. The Morgan fingerprint density at radius 1 is 0.279 bits per heavy atom. The molecule has 8 aromatic rings. The van der Waals surface area contributed by atoms with Gasteiger partial charge in [0, 0.05) is 151 Å². The second-order valence-corrected chi connectivity index (χ2v) is 35.4. The third-order valence-corrected chi connectivity index (χ3v) is 29.6. The van der Waals surface area contributed by atoms with Crippen molar-refractivity contribution >= 4 is 30.4 Å². The van der Waals surface area contributed by atoms with Gasteiger partial charge in [0.25, 0.3) is 0 Å². The van der Waals surface area contributed by atoms with E-state index in [1.54, 1.807) is 197 Å². The van der Waals surface area contributed by atoms with E-state index < -0.39 is 123 Å². The van der Waals surface area contributed by atoms with E-state index in [-0.39, 0.29) is 92.9 Å². The van der Waals surface area contributed by atoms with E-state index in [0.29, 0.717) is 22.3 Å². The first-order valence-corrected chi connectivity index (χ1v) is 40.0. The minimum Gasteiger partial charge on any atom is -0.507 e. The number of nitrogens with zero attached hydrogens (tertiary/aromatic N) is 4. The van der Waals surface area contributed by atoms with Crippen LogP contribution in [-0.4, -0.2) is 146 Å². The van der Waals surface area contributed by atoms with Crippen LogP contribution in [0.15, 0.2) is 146 Å². The van der Waals surface area contributed by atoms with Gasteiger partial charge >= 0.3 is 30.4 Å². The molecule has 0 spiro atoms. The lowest BCUT2D eigenvalue weighted by atomic mass is 9.78. The fourth-order valence-corrected chi connectivity index (χ4v) is 21.2. The van der Waals surface area contributed by atoms with Crippen molar-refractivity contribution in [2.75, 3.05) is 85.1 Å². The first kappa shape index (κ1) is 80.7. The van der Waals surface area contributed by atoms with Gasteiger partial charge in [0.05, 0.1) is 22.3 Å². The van der Waals surface area contributed by atoms with E-state index in [9.17, 15) is 59.1 Å². The molecule has 0 saturated carbocycles. The molecule has 4 atom stereocenters. The molecule has 8 aromatic carbocycles. The zero-order valence-corrected chi connectivity index (χ0v) is 64.9. The number of benzene rings is 8. The van der Waals surface area contributed by atoms with Crippen LogP contribution in [0.1, 0.15) is 164 Å². The second kappa shape index (κ2) is 33.2. The van der Waals surface area contributed by atoms with Gasteiger partial charge < -0.3 is 77.0 Å². The zero-order valence-electron chi connectivity index (χ0n) is 61.4. The Hall–Kier alpha value is -7.40. The number of rotatable bonds is 28. The molecule has 8 N–H and O–H groups in total. The summed E-state index contributed by atoms with van der Waals surface area (Å²) in [7, 11) is -0.0610. The molecular weight excluding hydrogens is 1410 g/mol. The van der Waals surface area contributed by atoms with Crippen molar-refractivity contribution in [3.8, 4) is 46.0 Å². The quantitative estimate of drug-likeness (QED) is 0.0211. The predicted molar refractivity (Wildman–Crippen MR) is 398 cm³/mol. The highest BCUT2D eigenvalue weighted by atomic mass is 31.2. The number of phenols is 8. The predicted octanol–water partition coefficient (Wildman–Crippen LogP) is 16.7. The highest BCUT2D eigenvalue weighted by Crippen LogP contribution is 2.66. The van der Waals surface area contributed by atoms with Crippen LogP contribution in [0.3, 0.4) is 0 Å². The van der Waals surface area contributed by atoms with E-state index in [0.717, 1.165) is 0 Å². The van der Waals surface area contributed by atoms with Gasteiger partial charge in [0.15, 0.2) is 0 Å². The maximum Gasteiger partial charge on any atom is 0.351 e. The summed E-state index contributed by atoms with van der Waals surface area (Å²) in [5.74, 6) is -13.2. The van der Waals surface area contributed by atoms with Crippen LogP contribution < -0.4 is 0 Å². The van der Waals surface area contributed by atoms with Crippen LogP contribution in [0.2, 0.25) is 0 Å². The fourth-order valence-electron chi connectivity index (χ4n) is 14.6. The number of aromatic hydroxyl groups is 8. The maximum atomic E-state index is 14.8. The minimum atomic E-state index is -4.11. The van der Waals surface area contributed by atoms with Gasteiger partial charge in [0.2, 0.25) is 0 Å². The van der Waals surface area contributed by atoms with Gasteiger partial charge in [-0.15, -0.1) is 0 Å². The number of hydrogen-bond donors (Lipinski definition) is 8. The van der Waals surface area contributed by atoms with Crippen molar-refractivity contribution in [2.45, 2.75) is 101 Å². The molecule has 9 rings (SSSR count). The van der Waals surface area contributed by atoms with E-state index in [2.05, 4.69) is 0 Å². The lowest BCUT2D eigenvalue weighted by Gasteiger charge is -2.35. The summed E-state index contributed by atoms with van der Waals surface area (Å²) in [4.78, 5) is 6.34. The van der Waals surface area contributed by atoms with Crippen LogP contribution in [0.4, 0.5) is 0 Å². The van der Waals surface area contributed by atoms with Gasteiger partial charge in [0.1, 0.15) is 69.1 Å². The summed E-state index contributed by atoms with van der Waals surface area (Å²) in [6.07, 6.45) is 0. The molecule has 4 unspecified atom stereocenters. The van der Waals surface area contributed by atoms with Crippen molar-refractivity contribution in [3.05, 3.63) is 235 Å². The van der Waals surface area contributed by atoms with Gasteiger partial charge in [-0.2, -0.15) is 0 Å². The van der Waals surface area contributed by atoms with Crippen LogP contribution in [0.5, 0.6) is 46.0 Å². The van der Waals surface area contributed by atoms with Crippen molar-refractivity contribution < 1.29 is 95.3 Å². The highest BCUT2D eigenvalue weighted by Gasteiger charge is 2.45. The Morgan fingerprint density at radius 2 is 0.413 bits per heavy atom. The van der Waals surface area contributed by atoms with Crippen LogP contribution >= 0.6 is 30.4 Å². The first-order chi connectivity index (χ1) is 49.3. The smallest absolute Gasteiger partial charge is 0.351 e. The van der Waals surface area contributed by atoms with Gasteiger partial charge in [-0.1, -0.05) is 149 Å². The standard InChI is InChI=1S/C76H96N4O20P4/c1-45-53-37-55(67(83)61(65(53)81)41-77(5)73(101(89,93-9)94-10)49-29-21-17-22-30-49)46(2)57-39-59(71(87)63(69(57)85)43-79(7)75(103(91,97-13)98-14)51-33-25-19-26-34-51)48(4)60-40-58(70(86)64(72(60)88)44-80(8)76(104(92,99-15)100-16)52-35-27-20-28-36-52)47(3)56-38-54(45)66(82)62(68(56)84)42-78(6)74(102(90,95-11)96-12)50-31-23-18-24-32-50/h17-40,45-48,73-76,81-88H,41-44H2,1-16H3. The largest absolute Gasteiger partial charge is 0.507 e. The Morgan fingerprint density at radius 3 is 0.538 bits per heavy atom. The molecule has 560 valence electrons. The Labute approximate surface area is 608 Å². The first-order valence-electron chi connectivity index (χ1n) is 33.5. The number of hydrogen-bond acceptors (Lipinski definition) is 24. The summed E-state index contributed by atoms with van der Waals surface area (Å²) in [6.45, 7) is 5.21. The third kappa shape index (κ3) is 15.3. The average Bonchev–Trinajstić information content (AvgIpc) is 0.738. The van der Waals surface area contributed by atoms with E-state index in [1.807, 2.05) is 0 Å². The van der Waals surface area contributed by atoms with E-state index in [4.69, 9.17) is 36.2 Å². The Bertz CT molecular complexity index is 3850. The van der Waals surface area contributed by atoms with Gasteiger partial charge in [-0.3, -0.25) is 37.9 Å². The van der Waals surface area contributed by atoms with Crippen molar-refractivity contribution in [2.24, 2.45) is 0 Å². The van der Waals surface area contributed by atoms with E-state index >= 15 is 0 Å². The normalized spacial score (nSPS) is 17.2. The molecule has 28 heteroatoms. The van der Waals surface area contributed by atoms with Crippen molar-refractivity contribution in [3.63, 3.8) is 0 Å². The summed E-state index contributed by atoms with van der Waals surface area (Å²) >= 11 is 0. The topological polar surface area (TPSA) is 317 Å². The zero-order chi connectivity index (χ0) is 76.2. The van der Waals surface area contributed by atoms with Crippen LogP contribution in [0.25, 0.3) is 0 Å². The van der Waals surface area contributed by atoms with Gasteiger partial charge in [-0.05, 0) is 74.7 Å². The number of phenolic OH excluding ortho intramolecular Hbond substituents is 8. The van der Waals surface area contributed by atoms with E-state index in [1.165, 1.54) is 81.1 Å². The average molecular weight is 1510 g/mol. The molecular formula is C76H96N4O20P4. The lowest BCUT2D eigenvalue weighted by Crippen LogP contribution is -2.26. The summed E-state index contributed by atoms with van der Waals surface area (Å²) in [5.41, 5.74) is 2.09. The molecule has 0 aliphatic heterocycles. The third-order valence-electron chi connectivity index (χ3n) is 20.4. The fraction of sp³-hybridized carbons (Fsp3) is 0.368. The van der Waals surface area contributed by atoms with Crippen LogP contribution in [0, 0.1) is 0 Å². The monoisotopic (exact) mass is 1510 g/mol. The molecule has 0 aromatic heterocycles. The Balaban J connectivity index is 1.41. The molecule has 8 bridgehead atoms. The summed E-state index contributed by atoms with van der Waals surface area (Å²) in [5, 5.41) is 106. The molecule has 0 amide bonds. The molecule has 1 aliphatic rings. The van der Waals surface area contributed by atoms with Crippen LogP contribution in [-0.2, 0) is 80.6 Å². The molecule has 1 aliphatic carbocycles. The maximum absolute atomic E-state index is 14.8. The lowest BCUT2D eigenvalue weighted by molar-refractivity contribution is 0.204. The molecule has 24 nitrogen and oxygen atoms in total. The van der Waals surface area contributed by atoms with Crippen molar-refractivity contribution in [1.82, 2.24) is 19.6 Å². The summed E-state index contributed by atoms with van der Waals surface area (Å²) in [6, 6.07) is 41.0. The molecule has 0 fully saturated rings. The molecule has 0 saturated heterocycles. The molecule has 0 radical (unpaired) electrons. The molecule has 104 heavy (non-hydrogen) atoms. The summed E-state index contributed by atoms with van der Waals surface area (Å²) < 4.78 is 105. The highest BCUT2D eigenvalue weighted by molar-refractivity contribution is 7.55. The van der Waals surface area contributed by atoms with Gasteiger partial charge in [-0.25, -0.2) is 0 Å². The number of fused-ring (bicyclic) bond motifs is 8. The Kier molecular flexibility index (Phi) is 25.7. The molecule has 0 heterocycles. The van der Waals surface area contributed by atoms with Crippen molar-refractivity contribution in [1.29, 1.82) is 0 Å². The minimum absolute atomic E-state index is 0.0762. The SMILES string of the molecule is COP(=O)(OC)C(c1ccccc1)N(C)Cc1c(O)c2cc(c1O)C(C)c1cc(c(O)c(CN(C)C(c3ccccc3)P(=O)(OC)OC)c1O)C(C)c1cc(c(O)c(CN(C)C(c3ccccc3)P(=O)(OC)OC)c1O)C(C)c1cc(c(O)c(CN(C)C(c3ccccc3)P(=O)(OC)OC)c1O)C2C.